The first-order valence-electron chi connectivity index (χ1n) is 2.90. The molecule has 1 N–H and O–H groups in total. The van der Waals surface area contributed by atoms with Crippen LogP contribution >= 0.6 is 7.82 Å². The molecular formula is C4H11O5PV. The molecule has 67 valence electrons. The molecular weight excluding hydrogens is 210 g/mol. The molecule has 0 aliphatic carbocycles. The van der Waals surface area contributed by atoms with Crippen LogP contribution in [0, 0.1) is 0 Å². The second kappa shape index (κ2) is 7.31. The molecule has 0 saturated heterocycles. The molecule has 0 aromatic rings. The topological polar surface area (TPSA) is 65.0 Å². The van der Waals surface area contributed by atoms with Gasteiger partial charge in [-0.3, -0.25) is 9.05 Å². The molecule has 0 spiro atoms. The summed E-state index contributed by atoms with van der Waals surface area (Å²) in [6, 6.07) is 0. The Morgan fingerprint density at radius 2 is 1.64 bits per heavy atom. The fourth-order valence-electron chi connectivity index (χ4n) is 0.401. The van der Waals surface area contributed by atoms with Crippen LogP contribution in [-0.2, 0) is 36.8 Å². The van der Waals surface area contributed by atoms with E-state index in [0.717, 1.165) is 0 Å². The summed E-state index contributed by atoms with van der Waals surface area (Å²) in [5.41, 5.74) is 0. The van der Waals surface area contributed by atoms with Gasteiger partial charge in [-0.15, -0.1) is 4.67 Å². The zero-order valence-corrected chi connectivity index (χ0v) is 8.68. The SMILES string of the molecule is CCOP(=O)(OO)OCC.[V]. The summed E-state index contributed by atoms with van der Waals surface area (Å²) in [4.78, 5) is 0. The van der Waals surface area contributed by atoms with Gasteiger partial charge in [-0.2, -0.15) is 0 Å². The normalized spacial score (nSPS) is 10.8. The van der Waals surface area contributed by atoms with E-state index in [-0.39, 0.29) is 31.8 Å². The van der Waals surface area contributed by atoms with Crippen molar-refractivity contribution in [3.63, 3.8) is 0 Å². The molecule has 0 aliphatic rings. The van der Waals surface area contributed by atoms with Crippen molar-refractivity contribution in [1.29, 1.82) is 0 Å². The molecule has 0 atom stereocenters. The van der Waals surface area contributed by atoms with Gasteiger partial charge in [0.25, 0.3) is 0 Å². The van der Waals surface area contributed by atoms with Crippen molar-refractivity contribution in [3.05, 3.63) is 0 Å². The summed E-state index contributed by atoms with van der Waals surface area (Å²) in [5, 5.41) is 8.03. The van der Waals surface area contributed by atoms with Crippen LogP contribution in [0.15, 0.2) is 0 Å². The van der Waals surface area contributed by atoms with Gasteiger partial charge in [0.1, 0.15) is 0 Å². The quantitative estimate of drug-likeness (QED) is 0.434. The predicted molar refractivity (Wildman–Crippen MR) is 34.6 cm³/mol. The first-order valence-corrected chi connectivity index (χ1v) is 4.37. The monoisotopic (exact) mass is 221 g/mol. The largest absolute Gasteiger partial charge is 0.501 e. The summed E-state index contributed by atoms with van der Waals surface area (Å²) in [6.45, 7) is 3.56. The van der Waals surface area contributed by atoms with Crippen LogP contribution in [0.3, 0.4) is 0 Å². The first-order chi connectivity index (χ1) is 4.68. The Morgan fingerprint density at radius 3 is 1.82 bits per heavy atom. The Kier molecular flexibility index (Phi) is 9.43. The Labute approximate surface area is 77.5 Å². The maximum atomic E-state index is 10.9. The third-order valence-corrected chi connectivity index (χ3v) is 2.02. The van der Waals surface area contributed by atoms with Gasteiger partial charge in [0.2, 0.25) is 0 Å². The van der Waals surface area contributed by atoms with E-state index in [4.69, 9.17) is 5.26 Å². The zero-order valence-electron chi connectivity index (χ0n) is 6.39. The molecule has 0 bridgehead atoms. The second-order valence-corrected chi connectivity index (χ2v) is 2.94. The van der Waals surface area contributed by atoms with Crippen LogP contribution in [0.5, 0.6) is 0 Å². The van der Waals surface area contributed by atoms with E-state index in [1.165, 1.54) is 0 Å². The summed E-state index contributed by atoms with van der Waals surface area (Å²) in [7, 11) is -3.64. The van der Waals surface area contributed by atoms with Crippen molar-refractivity contribution in [2.24, 2.45) is 0 Å². The average molecular weight is 221 g/mol. The van der Waals surface area contributed by atoms with Gasteiger partial charge in [0.05, 0.1) is 13.2 Å². The minimum atomic E-state index is -3.64. The molecule has 7 heteroatoms. The number of rotatable bonds is 5. The molecule has 0 aromatic heterocycles. The van der Waals surface area contributed by atoms with Crippen LogP contribution in [0.2, 0.25) is 0 Å². The molecule has 5 nitrogen and oxygen atoms in total. The Balaban J connectivity index is 0. The van der Waals surface area contributed by atoms with Crippen molar-refractivity contribution in [3.8, 4) is 0 Å². The van der Waals surface area contributed by atoms with Crippen LogP contribution in [0.1, 0.15) is 13.8 Å². The van der Waals surface area contributed by atoms with Crippen LogP contribution in [-0.4, -0.2) is 18.5 Å². The molecule has 0 rings (SSSR count). The summed E-state index contributed by atoms with van der Waals surface area (Å²) in [5.74, 6) is 0. The Bertz CT molecular complexity index is 120. The molecule has 0 fully saturated rings. The summed E-state index contributed by atoms with van der Waals surface area (Å²) in [6.07, 6.45) is 0. The van der Waals surface area contributed by atoms with Gasteiger partial charge in [0.15, 0.2) is 0 Å². The van der Waals surface area contributed by atoms with E-state index in [0.29, 0.717) is 0 Å². The average Bonchev–Trinajstić information content (AvgIpc) is 1.89. The van der Waals surface area contributed by atoms with Crippen molar-refractivity contribution >= 4 is 7.82 Å². The second-order valence-electron chi connectivity index (χ2n) is 1.36. The number of phosphoric ester groups is 1. The third kappa shape index (κ3) is 5.88. The van der Waals surface area contributed by atoms with Crippen molar-refractivity contribution in [1.82, 2.24) is 0 Å². The van der Waals surface area contributed by atoms with Crippen LogP contribution in [0.4, 0.5) is 0 Å². The van der Waals surface area contributed by atoms with E-state index in [9.17, 15) is 4.57 Å². The van der Waals surface area contributed by atoms with Gasteiger partial charge in [-0.25, -0.2) is 9.82 Å². The smallest absolute Gasteiger partial charge is 0.286 e. The van der Waals surface area contributed by atoms with Gasteiger partial charge >= 0.3 is 7.82 Å². The van der Waals surface area contributed by atoms with Gasteiger partial charge in [-0.1, -0.05) is 0 Å². The Hall–Kier alpha value is 0.654. The molecule has 0 heterocycles. The third-order valence-electron chi connectivity index (χ3n) is 0.674. The maximum absolute atomic E-state index is 10.9. The van der Waals surface area contributed by atoms with E-state index >= 15 is 0 Å². The van der Waals surface area contributed by atoms with E-state index in [1.807, 2.05) is 0 Å². The molecule has 11 heavy (non-hydrogen) atoms. The minimum Gasteiger partial charge on any atom is -0.286 e. The van der Waals surface area contributed by atoms with Gasteiger partial charge < -0.3 is 0 Å². The maximum Gasteiger partial charge on any atom is 0.501 e. The van der Waals surface area contributed by atoms with Gasteiger partial charge in [0, 0.05) is 18.6 Å². The molecule has 0 aliphatic heterocycles. The minimum absolute atomic E-state index is 0. The van der Waals surface area contributed by atoms with E-state index in [2.05, 4.69) is 13.7 Å². The first kappa shape index (κ1) is 14.2. The summed E-state index contributed by atoms with van der Waals surface area (Å²) >= 11 is 0. The number of hydrogen-bond acceptors (Lipinski definition) is 5. The molecule has 1 radical (unpaired) electrons. The molecule has 0 unspecified atom stereocenters. The molecule has 0 saturated carbocycles. The molecule has 0 aromatic carbocycles. The number of hydrogen-bond donors (Lipinski definition) is 1. The fourth-order valence-corrected chi connectivity index (χ4v) is 1.20. The number of phosphoric acid groups is 1. The van der Waals surface area contributed by atoms with E-state index < -0.39 is 7.82 Å². The fraction of sp³-hybridized carbons (Fsp3) is 1.00. The van der Waals surface area contributed by atoms with Crippen LogP contribution in [0.25, 0.3) is 0 Å². The summed E-state index contributed by atoms with van der Waals surface area (Å²) < 4.78 is 23.4. The van der Waals surface area contributed by atoms with Crippen molar-refractivity contribution in [2.45, 2.75) is 13.8 Å². The zero-order chi connectivity index (χ0) is 8.04. The van der Waals surface area contributed by atoms with Crippen molar-refractivity contribution < 1.29 is 42.1 Å². The van der Waals surface area contributed by atoms with E-state index in [1.54, 1.807) is 13.8 Å². The Morgan fingerprint density at radius 1 is 1.27 bits per heavy atom. The standard InChI is InChI=1S/C4H11O5P.V/c1-3-7-10(6,9-5)8-4-2;/h5H,3-4H2,1-2H3;. The predicted octanol–water partition coefficient (Wildman–Crippen LogP) is 1.65. The van der Waals surface area contributed by atoms with Crippen LogP contribution < -0.4 is 0 Å². The molecule has 0 amide bonds. The van der Waals surface area contributed by atoms with Crippen molar-refractivity contribution in [2.75, 3.05) is 13.2 Å². The van der Waals surface area contributed by atoms with Gasteiger partial charge in [-0.05, 0) is 13.8 Å².